The van der Waals surface area contributed by atoms with Crippen molar-refractivity contribution in [3.63, 3.8) is 0 Å². The molecule has 0 spiro atoms. The van der Waals surface area contributed by atoms with Crippen molar-refractivity contribution in [1.29, 1.82) is 0 Å². The third kappa shape index (κ3) is 5.55. The summed E-state index contributed by atoms with van der Waals surface area (Å²) in [5.41, 5.74) is -0.0468. The molecule has 0 amide bonds. The molecule has 2 nitrogen and oxygen atoms in total. The minimum atomic E-state index is -5.06. The Labute approximate surface area is 166 Å². The molecule has 0 N–H and O–H groups in total. The minimum Gasteiger partial charge on any atom is -0.493 e. The van der Waals surface area contributed by atoms with Gasteiger partial charge in [0, 0.05) is 13.5 Å². The molecule has 0 bridgehead atoms. The fourth-order valence-corrected chi connectivity index (χ4v) is 2.63. The average molecular weight is 326 g/mol. The summed E-state index contributed by atoms with van der Waals surface area (Å²) in [6.07, 6.45) is 3.17. The first-order chi connectivity index (χ1) is 9.40. The van der Waals surface area contributed by atoms with Gasteiger partial charge in [-0.15, -0.1) is 0 Å². The normalized spacial score (nSPS) is 22.5. The van der Waals surface area contributed by atoms with Crippen LogP contribution >= 0.6 is 0 Å². The van der Waals surface area contributed by atoms with Crippen LogP contribution in [-0.2, 0) is 4.74 Å². The van der Waals surface area contributed by atoms with Crippen LogP contribution in [0.3, 0.4) is 0 Å². The van der Waals surface area contributed by atoms with Crippen LogP contribution < -0.4 is 61.6 Å². The van der Waals surface area contributed by atoms with Crippen molar-refractivity contribution in [3.8, 4) is 5.75 Å². The molecule has 21 heavy (non-hydrogen) atoms. The van der Waals surface area contributed by atoms with Gasteiger partial charge in [0.05, 0.1) is 11.9 Å². The van der Waals surface area contributed by atoms with E-state index in [4.69, 9.17) is 9.47 Å². The average Bonchev–Trinajstić information content (AvgIpc) is 2.40. The Bertz CT molecular complexity index is 468. The second kappa shape index (κ2) is 8.36. The van der Waals surface area contributed by atoms with E-state index in [0.717, 1.165) is 25.3 Å². The van der Waals surface area contributed by atoms with Crippen molar-refractivity contribution in [3.05, 3.63) is 23.8 Å². The second-order valence-electron chi connectivity index (χ2n) is 5.38. The molecule has 1 aliphatic rings. The molecule has 2 unspecified atom stereocenters. The summed E-state index contributed by atoms with van der Waals surface area (Å²) in [5, 5.41) is 0. The van der Waals surface area contributed by atoms with E-state index in [1.165, 1.54) is 6.07 Å². The zero-order valence-corrected chi connectivity index (χ0v) is 15.9. The Morgan fingerprint density at radius 3 is 2.43 bits per heavy atom. The van der Waals surface area contributed by atoms with Crippen LogP contribution in [0.5, 0.6) is 5.75 Å². The predicted molar refractivity (Wildman–Crippen MR) is 73.6 cm³/mol. The van der Waals surface area contributed by atoms with Crippen molar-refractivity contribution in [2.24, 2.45) is 0 Å². The molecule has 0 aliphatic heterocycles. The number of benzene rings is 1. The van der Waals surface area contributed by atoms with Gasteiger partial charge in [0.1, 0.15) is 6.10 Å². The first-order valence-electron chi connectivity index (χ1n) is 6.90. The Morgan fingerprint density at radius 2 is 1.81 bits per heavy atom. The van der Waals surface area contributed by atoms with Crippen LogP contribution in [-0.4, -0.2) is 26.3 Å². The molecule has 0 heterocycles. The number of aryl methyl sites for hydroxylation is 1. The van der Waals surface area contributed by atoms with E-state index in [0.29, 0.717) is 12.0 Å². The standard InChI is InChI=1S/C14H19BF3O2.K/c1-10-6-7-14(13(8-10)15(16,17)18)20-12-5-3-4-11(9-12)19-2;/h6-8,11-12H,3-5,9H2,1-2H3;/q-1;+1. The fraction of sp³-hybridized carbons (Fsp3) is 0.571. The van der Waals surface area contributed by atoms with Crippen LogP contribution in [0.15, 0.2) is 18.2 Å². The molecule has 1 aliphatic carbocycles. The third-order valence-electron chi connectivity index (χ3n) is 3.72. The summed E-state index contributed by atoms with van der Waals surface area (Å²) in [6.45, 7) is -3.41. The van der Waals surface area contributed by atoms with Crippen molar-refractivity contribution >= 4 is 12.4 Å². The van der Waals surface area contributed by atoms with Gasteiger partial charge in [0.2, 0.25) is 0 Å². The van der Waals surface area contributed by atoms with Gasteiger partial charge in [-0.1, -0.05) is 23.2 Å². The summed E-state index contributed by atoms with van der Waals surface area (Å²) in [7, 11) is 1.63. The smallest absolute Gasteiger partial charge is 0.493 e. The van der Waals surface area contributed by atoms with E-state index < -0.39 is 12.4 Å². The summed E-state index contributed by atoms with van der Waals surface area (Å²) in [6, 6.07) is 4.24. The van der Waals surface area contributed by atoms with Crippen molar-refractivity contribution in [2.45, 2.75) is 44.8 Å². The Kier molecular flexibility index (Phi) is 7.77. The van der Waals surface area contributed by atoms with Crippen molar-refractivity contribution < 1.29 is 73.8 Å². The van der Waals surface area contributed by atoms with Gasteiger partial charge < -0.3 is 22.4 Å². The summed E-state index contributed by atoms with van der Waals surface area (Å²) < 4.78 is 50.1. The van der Waals surface area contributed by atoms with Gasteiger partial charge >= 0.3 is 58.4 Å². The van der Waals surface area contributed by atoms with Gasteiger partial charge in [-0.05, 0) is 32.3 Å². The third-order valence-corrected chi connectivity index (χ3v) is 3.72. The van der Waals surface area contributed by atoms with Gasteiger partial charge in [0.25, 0.3) is 0 Å². The van der Waals surface area contributed by atoms with E-state index in [1.54, 1.807) is 20.1 Å². The van der Waals surface area contributed by atoms with Gasteiger partial charge in [-0.2, -0.15) is 0 Å². The zero-order valence-electron chi connectivity index (χ0n) is 12.7. The SMILES string of the molecule is COC1CCCC(Oc2ccc(C)cc2[B-](F)(F)F)C1.[K+]. The number of hydrogen-bond donors (Lipinski definition) is 0. The maximum atomic E-state index is 13.1. The monoisotopic (exact) mass is 326 g/mol. The molecule has 2 atom stereocenters. The molecule has 2 rings (SSSR count). The molecular formula is C14H19BF3KO2. The molecule has 112 valence electrons. The van der Waals surface area contributed by atoms with E-state index in [-0.39, 0.29) is 69.3 Å². The topological polar surface area (TPSA) is 18.5 Å². The molecule has 1 aromatic carbocycles. The van der Waals surface area contributed by atoms with E-state index in [1.807, 2.05) is 0 Å². The van der Waals surface area contributed by atoms with Crippen LogP contribution in [0.1, 0.15) is 31.2 Å². The maximum absolute atomic E-state index is 13.1. The summed E-state index contributed by atoms with van der Waals surface area (Å²) in [4.78, 5) is 0. The number of rotatable bonds is 4. The second-order valence-corrected chi connectivity index (χ2v) is 5.38. The molecule has 1 saturated carbocycles. The molecule has 0 radical (unpaired) electrons. The molecule has 1 fully saturated rings. The van der Waals surface area contributed by atoms with E-state index in [9.17, 15) is 12.9 Å². The first kappa shape index (κ1) is 19.5. The quantitative estimate of drug-likeness (QED) is 0.746. The maximum Gasteiger partial charge on any atom is 1.00 e. The van der Waals surface area contributed by atoms with E-state index in [2.05, 4.69) is 0 Å². The number of halogens is 3. The first-order valence-corrected chi connectivity index (χ1v) is 6.90. The van der Waals surface area contributed by atoms with Gasteiger partial charge in [-0.25, -0.2) is 0 Å². The van der Waals surface area contributed by atoms with Crippen LogP contribution in [0, 0.1) is 6.92 Å². The van der Waals surface area contributed by atoms with Crippen molar-refractivity contribution in [2.75, 3.05) is 7.11 Å². The molecular weight excluding hydrogens is 307 g/mol. The molecule has 0 saturated heterocycles. The largest absolute Gasteiger partial charge is 1.00 e. The Balaban J connectivity index is 0.00000220. The summed E-state index contributed by atoms with van der Waals surface area (Å²) in [5.74, 6) is -0.0511. The minimum absolute atomic E-state index is 0. The molecule has 7 heteroatoms. The Hall–Kier alpha value is 0.471. The summed E-state index contributed by atoms with van der Waals surface area (Å²) >= 11 is 0. The number of methoxy groups -OCH3 is 1. The zero-order chi connectivity index (χ0) is 14.8. The van der Waals surface area contributed by atoms with Gasteiger partial charge in [0.15, 0.2) is 0 Å². The molecule has 0 aromatic heterocycles. The van der Waals surface area contributed by atoms with E-state index >= 15 is 0 Å². The molecule has 1 aromatic rings. The fourth-order valence-electron chi connectivity index (χ4n) is 2.63. The van der Waals surface area contributed by atoms with Crippen LogP contribution in [0.25, 0.3) is 0 Å². The Morgan fingerprint density at radius 1 is 1.14 bits per heavy atom. The number of hydrogen-bond acceptors (Lipinski definition) is 2. The van der Waals surface area contributed by atoms with Crippen LogP contribution in [0.2, 0.25) is 0 Å². The number of ether oxygens (including phenoxy) is 2. The predicted octanol–water partition coefficient (Wildman–Crippen LogP) is 0.390. The van der Waals surface area contributed by atoms with Crippen molar-refractivity contribution in [1.82, 2.24) is 0 Å². The van der Waals surface area contributed by atoms with Crippen LogP contribution in [0.4, 0.5) is 12.9 Å². The van der Waals surface area contributed by atoms with Gasteiger partial charge in [-0.3, -0.25) is 0 Å².